The van der Waals surface area contributed by atoms with Crippen LogP contribution in [0.3, 0.4) is 0 Å². The Kier molecular flexibility index (Phi) is 3.91. The van der Waals surface area contributed by atoms with E-state index in [-0.39, 0.29) is 18.1 Å². The van der Waals surface area contributed by atoms with Crippen LogP contribution in [0.5, 0.6) is 0 Å². The number of hydrogen-bond acceptors (Lipinski definition) is 5. The molecule has 0 unspecified atom stereocenters. The zero-order valence-corrected chi connectivity index (χ0v) is 13.9. The van der Waals surface area contributed by atoms with Gasteiger partial charge in [0.15, 0.2) is 0 Å². The second-order valence-electron chi connectivity index (χ2n) is 6.41. The molecular formula is C18H19N3O4. The van der Waals surface area contributed by atoms with Crippen LogP contribution in [0.2, 0.25) is 0 Å². The van der Waals surface area contributed by atoms with Crippen LogP contribution in [0.15, 0.2) is 28.9 Å². The summed E-state index contributed by atoms with van der Waals surface area (Å²) in [6.07, 6.45) is 3.81. The van der Waals surface area contributed by atoms with Crippen LogP contribution in [-0.4, -0.2) is 36.4 Å². The first kappa shape index (κ1) is 15.7. The van der Waals surface area contributed by atoms with Gasteiger partial charge in [0.1, 0.15) is 11.9 Å². The van der Waals surface area contributed by atoms with Crippen LogP contribution in [0.1, 0.15) is 24.7 Å². The number of carbonyl (C=O) groups is 2. The van der Waals surface area contributed by atoms with Crippen molar-refractivity contribution in [2.24, 2.45) is 0 Å². The standard InChI is InChI=1S/C18H19N3O4/c1-11(22)19-8-14-10-21(18(23)24-14)13-5-6-15-12(7-13)3-2-4-17-16(15)9-20-25-17/h5-7,9,14H,2-4,8,10H2,1H3,(H,19,22)/t14-/m0/s1. The fraction of sp³-hybridized carbons (Fsp3) is 0.389. The molecule has 0 saturated carbocycles. The molecule has 1 saturated heterocycles. The summed E-state index contributed by atoms with van der Waals surface area (Å²) in [7, 11) is 0. The lowest BCUT2D eigenvalue weighted by Gasteiger charge is -2.16. The van der Waals surface area contributed by atoms with Crippen molar-refractivity contribution in [1.82, 2.24) is 10.5 Å². The van der Waals surface area contributed by atoms with Gasteiger partial charge in [-0.3, -0.25) is 9.69 Å². The number of amides is 2. The zero-order valence-electron chi connectivity index (χ0n) is 13.9. The van der Waals surface area contributed by atoms with E-state index in [2.05, 4.69) is 10.5 Å². The monoisotopic (exact) mass is 341 g/mol. The van der Waals surface area contributed by atoms with E-state index in [1.165, 1.54) is 12.5 Å². The van der Waals surface area contributed by atoms with Crippen molar-refractivity contribution in [3.05, 3.63) is 35.7 Å². The minimum atomic E-state index is -0.380. The second kappa shape index (κ2) is 6.23. The Morgan fingerprint density at radius 3 is 3.08 bits per heavy atom. The fourth-order valence-electron chi connectivity index (χ4n) is 3.42. The number of ether oxygens (including phenoxy) is 1. The Morgan fingerprint density at radius 1 is 1.36 bits per heavy atom. The van der Waals surface area contributed by atoms with E-state index in [0.29, 0.717) is 13.1 Å². The number of aromatic nitrogens is 1. The Hall–Kier alpha value is -2.83. The van der Waals surface area contributed by atoms with Crippen molar-refractivity contribution in [3.8, 4) is 11.1 Å². The van der Waals surface area contributed by atoms with E-state index < -0.39 is 0 Å². The van der Waals surface area contributed by atoms with Crippen molar-refractivity contribution in [2.75, 3.05) is 18.0 Å². The molecule has 2 heterocycles. The molecule has 0 spiro atoms. The van der Waals surface area contributed by atoms with Crippen LogP contribution >= 0.6 is 0 Å². The molecule has 1 N–H and O–H groups in total. The van der Waals surface area contributed by atoms with Gasteiger partial charge in [-0.15, -0.1) is 0 Å². The molecule has 130 valence electrons. The highest BCUT2D eigenvalue weighted by Gasteiger charge is 2.33. The van der Waals surface area contributed by atoms with Gasteiger partial charge < -0.3 is 14.6 Å². The molecule has 1 atom stereocenters. The number of carbonyl (C=O) groups excluding carboxylic acids is 2. The first-order chi connectivity index (χ1) is 12.1. The summed E-state index contributed by atoms with van der Waals surface area (Å²) in [5, 5.41) is 6.59. The minimum Gasteiger partial charge on any atom is -0.442 e. The predicted octanol–water partition coefficient (Wildman–Crippen LogP) is 2.29. The zero-order chi connectivity index (χ0) is 17.4. The van der Waals surface area contributed by atoms with Gasteiger partial charge in [0.25, 0.3) is 0 Å². The third kappa shape index (κ3) is 2.97. The Morgan fingerprint density at radius 2 is 2.24 bits per heavy atom. The normalized spacial score (nSPS) is 19.0. The molecule has 25 heavy (non-hydrogen) atoms. The van der Waals surface area contributed by atoms with Gasteiger partial charge in [0.2, 0.25) is 5.91 Å². The number of fused-ring (bicyclic) bond motifs is 3. The Labute approximate surface area is 144 Å². The second-order valence-corrected chi connectivity index (χ2v) is 6.41. The number of cyclic esters (lactones) is 1. The third-order valence-electron chi connectivity index (χ3n) is 4.64. The summed E-state index contributed by atoms with van der Waals surface area (Å²) in [4.78, 5) is 24.8. The highest BCUT2D eigenvalue weighted by Crippen LogP contribution is 2.35. The van der Waals surface area contributed by atoms with Crippen LogP contribution in [-0.2, 0) is 22.4 Å². The molecule has 4 rings (SSSR count). The number of nitrogens with one attached hydrogen (secondary N) is 1. The predicted molar refractivity (Wildman–Crippen MR) is 90.3 cm³/mol. The highest BCUT2D eigenvalue weighted by atomic mass is 16.6. The van der Waals surface area contributed by atoms with Crippen LogP contribution < -0.4 is 10.2 Å². The molecule has 1 aliphatic carbocycles. The van der Waals surface area contributed by atoms with Crippen LogP contribution in [0.4, 0.5) is 10.5 Å². The van der Waals surface area contributed by atoms with Gasteiger partial charge in [-0.05, 0) is 36.1 Å². The van der Waals surface area contributed by atoms with Crippen molar-refractivity contribution < 1.29 is 18.8 Å². The number of anilines is 1. The maximum absolute atomic E-state index is 12.2. The van der Waals surface area contributed by atoms with E-state index in [1.807, 2.05) is 18.2 Å². The van der Waals surface area contributed by atoms with Crippen molar-refractivity contribution in [2.45, 2.75) is 32.3 Å². The smallest absolute Gasteiger partial charge is 0.414 e. The molecule has 7 heteroatoms. The number of aryl methyl sites for hydroxylation is 2. The maximum Gasteiger partial charge on any atom is 0.414 e. The summed E-state index contributed by atoms with van der Waals surface area (Å²) in [5.74, 6) is 0.784. The molecule has 2 aliphatic rings. The molecule has 0 bridgehead atoms. The van der Waals surface area contributed by atoms with Gasteiger partial charge >= 0.3 is 6.09 Å². The summed E-state index contributed by atoms with van der Waals surface area (Å²) < 4.78 is 10.7. The summed E-state index contributed by atoms with van der Waals surface area (Å²) in [5.41, 5.74) is 4.14. The van der Waals surface area contributed by atoms with Crippen molar-refractivity contribution in [1.29, 1.82) is 0 Å². The minimum absolute atomic E-state index is 0.135. The number of hydrogen-bond donors (Lipinski definition) is 1. The van der Waals surface area contributed by atoms with Gasteiger partial charge in [-0.2, -0.15) is 0 Å². The van der Waals surface area contributed by atoms with Crippen LogP contribution in [0.25, 0.3) is 11.1 Å². The van der Waals surface area contributed by atoms with E-state index in [4.69, 9.17) is 9.26 Å². The largest absolute Gasteiger partial charge is 0.442 e. The van der Waals surface area contributed by atoms with E-state index >= 15 is 0 Å². The molecule has 2 aromatic rings. The topological polar surface area (TPSA) is 84.7 Å². The van der Waals surface area contributed by atoms with Crippen molar-refractivity contribution >= 4 is 17.7 Å². The fourth-order valence-corrected chi connectivity index (χ4v) is 3.42. The lowest BCUT2D eigenvalue weighted by Crippen LogP contribution is -2.33. The van der Waals surface area contributed by atoms with E-state index in [1.54, 1.807) is 11.1 Å². The Bertz CT molecular complexity index is 829. The molecule has 1 aromatic heterocycles. The first-order valence-electron chi connectivity index (χ1n) is 8.41. The summed E-state index contributed by atoms with van der Waals surface area (Å²) >= 11 is 0. The number of nitrogens with zero attached hydrogens (tertiary/aromatic N) is 2. The van der Waals surface area contributed by atoms with Gasteiger partial charge in [0, 0.05) is 24.6 Å². The van der Waals surface area contributed by atoms with E-state index in [9.17, 15) is 9.59 Å². The van der Waals surface area contributed by atoms with Crippen LogP contribution in [0, 0.1) is 0 Å². The van der Waals surface area contributed by atoms with Gasteiger partial charge in [0.05, 0.1) is 19.3 Å². The SMILES string of the molecule is CC(=O)NC[C@H]1CN(c2ccc3c(c2)CCCc2oncc2-3)C(=O)O1. The highest BCUT2D eigenvalue weighted by molar-refractivity contribution is 5.90. The molecule has 2 amide bonds. The summed E-state index contributed by atoms with van der Waals surface area (Å²) in [6.45, 7) is 2.20. The number of benzene rings is 1. The van der Waals surface area contributed by atoms with Gasteiger partial charge in [-0.1, -0.05) is 11.2 Å². The average molecular weight is 341 g/mol. The molecular weight excluding hydrogens is 322 g/mol. The lowest BCUT2D eigenvalue weighted by atomic mass is 9.99. The summed E-state index contributed by atoms with van der Waals surface area (Å²) in [6, 6.07) is 5.98. The first-order valence-corrected chi connectivity index (χ1v) is 8.41. The average Bonchev–Trinajstić information content (AvgIpc) is 3.15. The number of rotatable bonds is 3. The van der Waals surface area contributed by atoms with E-state index in [0.717, 1.165) is 41.8 Å². The molecule has 1 aliphatic heterocycles. The third-order valence-corrected chi connectivity index (χ3v) is 4.64. The maximum atomic E-state index is 12.2. The molecule has 1 aromatic carbocycles. The van der Waals surface area contributed by atoms with Crippen molar-refractivity contribution in [3.63, 3.8) is 0 Å². The lowest BCUT2D eigenvalue weighted by molar-refractivity contribution is -0.119. The molecule has 0 radical (unpaired) electrons. The molecule has 7 nitrogen and oxygen atoms in total. The van der Waals surface area contributed by atoms with Gasteiger partial charge in [-0.25, -0.2) is 4.79 Å². The quantitative estimate of drug-likeness (QED) is 0.926. The Balaban J connectivity index is 1.58. The molecule has 1 fully saturated rings.